The lowest BCUT2D eigenvalue weighted by Crippen LogP contribution is -2.15. The fourth-order valence-electron chi connectivity index (χ4n) is 7.62. The second-order valence-electron chi connectivity index (χ2n) is 13.2. The third-order valence-corrected chi connectivity index (χ3v) is 10.1. The lowest BCUT2D eigenvalue weighted by atomic mass is 9.95. The molecule has 1 aliphatic rings. The van der Waals surface area contributed by atoms with Gasteiger partial charge in [0.1, 0.15) is 5.69 Å². The molecule has 244 valence electrons. The number of allylic oxidation sites excluding steroid dienone is 4. The van der Waals surface area contributed by atoms with Gasteiger partial charge in [-0.3, -0.25) is 4.90 Å². The summed E-state index contributed by atoms with van der Waals surface area (Å²) in [7, 11) is 0. The molecule has 9 aromatic rings. The first kappa shape index (κ1) is 29.8. The van der Waals surface area contributed by atoms with E-state index in [1.165, 1.54) is 32.6 Å². The highest BCUT2D eigenvalue weighted by atomic mass is 15.2. The Hall–Kier alpha value is -7.04. The number of nitrogens with zero attached hydrogens (tertiary/aromatic N) is 4. The fraction of sp³-hybridized carbons (Fsp3) is 0. The minimum atomic E-state index is 0.764. The van der Waals surface area contributed by atoms with Crippen LogP contribution in [0, 0.1) is 0 Å². The molecule has 0 atom stereocenters. The smallest absolute Gasteiger partial charge is 0.164 e. The van der Waals surface area contributed by atoms with Crippen molar-refractivity contribution >= 4 is 60.7 Å². The van der Waals surface area contributed by atoms with Crippen molar-refractivity contribution in [2.24, 2.45) is 0 Å². The molecule has 4 nitrogen and oxygen atoms in total. The van der Waals surface area contributed by atoms with Crippen molar-refractivity contribution in [3.05, 3.63) is 194 Å². The van der Waals surface area contributed by atoms with Gasteiger partial charge in [0, 0.05) is 33.8 Å². The Morgan fingerprint density at radius 3 is 2.06 bits per heavy atom. The second-order valence-corrected chi connectivity index (χ2v) is 13.2. The number of benzene rings is 7. The highest BCUT2D eigenvalue weighted by Gasteiger charge is 2.22. The lowest BCUT2D eigenvalue weighted by molar-refractivity contribution is 1.16. The van der Waals surface area contributed by atoms with Crippen molar-refractivity contribution in [1.29, 1.82) is 0 Å². The van der Waals surface area contributed by atoms with Crippen LogP contribution in [0.3, 0.4) is 0 Å². The van der Waals surface area contributed by atoms with Gasteiger partial charge in [0.25, 0.3) is 0 Å². The van der Waals surface area contributed by atoms with Gasteiger partial charge in [-0.1, -0.05) is 122 Å². The number of anilines is 2. The van der Waals surface area contributed by atoms with E-state index >= 15 is 0 Å². The van der Waals surface area contributed by atoms with Crippen LogP contribution in [0.5, 0.6) is 0 Å². The summed E-state index contributed by atoms with van der Waals surface area (Å²) < 4.78 is 2.38. The van der Waals surface area contributed by atoms with Crippen molar-refractivity contribution in [3.63, 3.8) is 0 Å². The highest BCUT2D eigenvalue weighted by molar-refractivity contribution is 6.22. The topological polar surface area (TPSA) is 34.0 Å². The van der Waals surface area contributed by atoms with Gasteiger partial charge >= 0.3 is 0 Å². The normalized spacial score (nSPS) is 14.1. The molecule has 0 amide bonds. The van der Waals surface area contributed by atoms with Crippen molar-refractivity contribution in [2.75, 3.05) is 4.90 Å². The van der Waals surface area contributed by atoms with E-state index in [0.717, 1.165) is 61.7 Å². The molecule has 0 saturated carbocycles. The number of hydrogen-bond acceptors (Lipinski definition) is 3. The van der Waals surface area contributed by atoms with Crippen molar-refractivity contribution in [1.82, 2.24) is 14.5 Å². The zero-order valence-electron chi connectivity index (χ0n) is 28.3. The molecule has 0 N–H and O–H groups in total. The molecule has 0 spiro atoms. The van der Waals surface area contributed by atoms with Gasteiger partial charge in [0.2, 0.25) is 0 Å². The Bertz CT molecular complexity index is 2920. The first-order valence-corrected chi connectivity index (χ1v) is 17.5. The minimum Gasteiger partial charge on any atom is -0.309 e. The van der Waals surface area contributed by atoms with E-state index in [9.17, 15) is 0 Å². The van der Waals surface area contributed by atoms with Crippen molar-refractivity contribution < 1.29 is 0 Å². The molecule has 0 fully saturated rings. The lowest BCUT2D eigenvalue weighted by Gasteiger charge is -2.26. The predicted octanol–water partition coefficient (Wildman–Crippen LogP) is 12.4. The molecule has 0 unspecified atom stereocenters. The molecule has 0 saturated heterocycles. The van der Waals surface area contributed by atoms with Gasteiger partial charge in [0.05, 0.1) is 27.8 Å². The van der Waals surface area contributed by atoms with E-state index < -0.39 is 0 Å². The van der Waals surface area contributed by atoms with Crippen LogP contribution in [-0.2, 0) is 0 Å². The zero-order chi connectivity index (χ0) is 34.6. The average molecular weight is 665 g/mol. The Morgan fingerprint density at radius 2 is 1.21 bits per heavy atom. The molecular weight excluding hydrogens is 633 g/mol. The van der Waals surface area contributed by atoms with Crippen molar-refractivity contribution in [2.45, 2.75) is 0 Å². The van der Waals surface area contributed by atoms with Crippen LogP contribution in [0.25, 0.3) is 77.3 Å². The standard InChI is InChI=1S/C48H32N4/c1-32-14-12-13-29-51(48-47(34-16-4-2-5-17-34)49-41-21-10-11-22-42(41)50-48)43-26-24-35(30-39(32)43)36-25-27-44-40(31-36)46-38-20-9-8-15-33(38)23-28-45(46)52(44)37-18-6-3-7-19-37/h2-31H,1H2/b14-12-,29-13-. The second kappa shape index (κ2) is 12.1. The first-order chi connectivity index (χ1) is 25.7. The SMILES string of the molecule is C=C1/C=C\C=C/N(c2nc3ccccc3nc2-c2ccccc2)c2ccc(-c3ccc4c(c3)c3c5ccccc5ccc3n4-c3ccccc3)cc21. The van der Waals surface area contributed by atoms with Crippen LogP contribution in [0.2, 0.25) is 0 Å². The molecule has 4 heteroatoms. The summed E-state index contributed by atoms with van der Waals surface area (Å²) in [5.74, 6) is 0.764. The highest BCUT2D eigenvalue weighted by Crippen LogP contribution is 2.42. The van der Waals surface area contributed by atoms with E-state index in [4.69, 9.17) is 9.97 Å². The average Bonchev–Trinajstić information content (AvgIpc) is 3.54. The summed E-state index contributed by atoms with van der Waals surface area (Å²) in [5.41, 5.74) is 12.3. The van der Waals surface area contributed by atoms with E-state index in [1.807, 2.05) is 54.6 Å². The van der Waals surface area contributed by atoms with Crippen LogP contribution >= 0.6 is 0 Å². The molecule has 1 aliphatic heterocycles. The van der Waals surface area contributed by atoms with E-state index in [-0.39, 0.29) is 0 Å². The van der Waals surface area contributed by atoms with E-state index in [2.05, 4.69) is 144 Å². The number of rotatable bonds is 4. The van der Waals surface area contributed by atoms with E-state index in [0.29, 0.717) is 0 Å². The minimum absolute atomic E-state index is 0.764. The Balaban J connectivity index is 1.17. The van der Waals surface area contributed by atoms with Gasteiger partial charge in [-0.15, -0.1) is 0 Å². The van der Waals surface area contributed by atoms with Crippen LogP contribution in [-0.4, -0.2) is 14.5 Å². The molecule has 2 aromatic heterocycles. The number of fused-ring (bicyclic) bond motifs is 7. The molecule has 7 aromatic carbocycles. The molecule has 10 rings (SSSR count). The van der Waals surface area contributed by atoms with E-state index in [1.54, 1.807) is 0 Å². The number of hydrogen-bond donors (Lipinski definition) is 0. The zero-order valence-corrected chi connectivity index (χ0v) is 28.3. The van der Waals surface area contributed by atoms with Gasteiger partial charge < -0.3 is 4.57 Å². The van der Waals surface area contributed by atoms with Gasteiger partial charge in [-0.05, 0) is 88.1 Å². The molecule has 3 heterocycles. The first-order valence-electron chi connectivity index (χ1n) is 17.5. The van der Waals surface area contributed by atoms with Gasteiger partial charge in [-0.25, -0.2) is 9.97 Å². The van der Waals surface area contributed by atoms with Crippen LogP contribution in [0.4, 0.5) is 11.5 Å². The Kier molecular flexibility index (Phi) is 6.93. The maximum Gasteiger partial charge on any atom is 0.164 e. The maximum atomic E-state index is 5.22. The van der Waals surface area contributed by atoms with Crippen molar-refractivity contribution in [3.8, 4) is 28.1 Å². The number of aromatic nitrogens is 3. The molecular formula is C48H32N4. The van der Waals surface area contributed by atoms with Crippen LogP contribution < -0.4 is 4.90 Å². The quantitative estimate of drug-likeness (QED) is 0.188. The summed E-state index contributed by atoms with van der Waals surface area (Å²) >= 11 is 0. The third-order valence-electron chi connectivity index (χ3n) is 10.1. The number of para-hydroxylation sites is 3. The monoisotopic (exact) mass is 664 g/mol. The van der Waals surface area contributed by atoms with Gasteiger partial charge in [-0.2, -0.15) is 0 Å². The van der Waals surface area contributed by atoms with Gasteiger partial charge in [0.15, 0.2) is 5.82 Å². The molecule has 0 aliphatic carbocycles. The molecule has 0 bridgehead atoms. The third kappa shape index (κ3) is 4.84. The summed E-state index contributed by atoms with van der Waals surface area (Å²) in [6.07, 6.45) is 8.22. The molecule has 0 radical (unpaired) electrons. The largest absolute Gasteiger partial charge is 0.309 e. The summed E-state index contributed by atoms with van der Waals surface area (Å²) in [5, 5.41) is 4.97. The molecule has 52 heavy (non-hydrogen) atoms. The maximum absolute atomic E-state index is 5.22. The Labute approximate surface area is 301 Å². The van der Waals surface area contributed by atoms with Crippen LogP contribution in [0.1, 0.15) is 5.56 Å². The predicted molar refractivity (Wildman–Crippen MR) is 218 cm³/mol. The Morgan fingerprint density at radius 1 is 0.519 bits per heavy atom. The fourth-order valence-corrected chi connectivity index (χ4v) is 7.62. The van der Waals surface area contributed by atoms with Crippen LogP contribution in [0.15, 0.2) is 189 Å². The summed E-state index contributed by atoms with van der Waals surface area (Å²) in [6, 6.07) is 55.7. The summed E-state index contributed by atoms with van der Waals surface area (Å²) in [6.45, 7) is 4.53. The summed E-state index contributed by atoms with van der Waals surface area (Å²) in [4.78, 5) is 12.5.